The topological polar surface area (TPSA) is 32.3 Å². The lowest BCUT2D eigenvalue weighted by atomic mass is 9.90. The summed E-state index contributed by atoms with van der Waals surface area (Å²) in [6.07, 6.45) is 0.567. The van der Waals surface area contributed by atoms with Crippen molar-refractivity contribution in [3.05, 3.63) is 34.3 Å². The minimum Gasteiger partial charge on any atom is -0.392 e. The Morgan fingerprint density at radius 1 is 1.40 bits per heavy atom. The van der Waals surface area contributed by atoms with Gasteiger partial charge in [-0.3, -0.25) is 0 Å². The molecular weight excluding hydrogens is 277 g/mol. The van der Waals surface area contributed by atoms with Crippen LogP contribution in [-0.4, -0.2) is 17.8 Å². The quantitative estimate of drug-likeness (QED) is 0.833. The van der Waals surface area contributed by atoms with Gasteiger partial charge in [0, 0.05) is 16.6 Å². The zero-order valence-corrected chi connectivity index (χ0v) is 10.9. The lowest BCUT2D eigenvalue weighted by Crippen LogP contribution is -2.32. The number of benzene rings is 1. The third kappa shape index (κ3) is 2.72. The number of rotatable bonds is 1. The molecule has 0 aliphatic carbocycles. The molecule has 2 unspecified atom stereocenters. The van der Waals surface area contributed by atoms with Gasteiger partial charge in [0.2, 0.25) is 0 Å². The first-order chi connectivity index (χ1) is 6.60. The molecule has 2 nitrogen and oxygen atoms in total. The van der Waals surface area contributed by atoms with Gasteiger partial charge in [-0.2, -0.15) is 0 Å². The average molecular weight is 293 g/mol. The lowest BCUT2D eigenvalue weighted by molar-refractivity contribution is 0.186. The van der Waals surface area contributed by atoms with Crippen LogP contribution in [0.3, 0.4) is 0 Å². The summed E-state index contributed by atoms with van der Waals surface area (Å²) < 4.78 is 1.09. The molecule has 1 aromatic rings. The molecule has 1 aliphatic rings. The smallest absolute Gasteiger partial charge is 0.0685 e. The lowest BCUT2D eigenvalue weighted by Gasteiger charge is -2.24. The van der Waals surface area contributed by atoms with Gasteiger partial charge in [-0.05, 0) is 31.0 Å². The molecule has 84 valence electrons. The molecule has 1 fully saturated rings. The van der Waals surface area contributed by atoms with Crippen molar-refractivity contribution in [2.24, 2.45) is 0 Å². The normalized spacial score (nSPS) is 29.9. The van der Waals surface area contributed by atoms with Crippen LogP contribution in [-0.2, 0) is 5.54 Å². The van der Waals surface area contributed by atoms with E-state index in [2.05, 4.69) is 40.3 Å². The van der Waals surface area contributed by atoms with Crippen molar-refractivity contribution < 1.29 is 5.11 Å². The van der Waals surface area contributed by atoms with Crippen molar-refractivity contribution in [2.45, 2.75) is 25.0 Å². The van der Waals surface area contributed by atoms with Crippen molar-refractivity contribution >= 4 is 28.3 Å². The Kier molecular flexibility index (Phi) is 4.18. The second-order valence-electron chi connectivity index (χ2n) is 4.08. The summed E-state index contributed by atoms with van der Waals surface area (Å²) in [5.74, 6) is 0. The number of aliphatic hydroxyl groups is 1. The maximum Gasteiger partial charge on any atom is 0.0685 e. The molecule has 1 aromatic carbocycles. The number of hydrogen-bond donors (Lipinski definition) is 2. The molecular formula is C11H15BrClNO. The molecule has 1 aliphatic heterocycles. The maximum atomic E-state index is 9.51. The number of aliphatic hydroxyl groups excluding tert-OH is 1. The average Bonchev–Trinajstić information content (AvgIpc) is 2.48. The van der Waals surface area contributed by atoms with Gasteiger partial charge in [0.15, 0.2) is 0 Å². The van der Waals surface area contributed by atoms with Crippen molar-refractivity contribution in [3.63, 3.8) is 0 Å². The van der Waals surface area contributed by atoms with E-state index in [1.807, 2.05) is 12.1 Å². The van der Waals surface area contributed by atoms with Crippen LogP contribution in [0.5, 0.6) is 0 Å². The largest absolute Gasteiger partial charge is 0.392 e. The number of halogens is 2. The zero-order valence-electron chi connectivity index (χ0n) is 8.53. The first-order valence-electron chi connectivity index (χ1n) is 4.79. The molecule has 1 saturated heterocycles. The number of β-amino-alcohol motifs (C(OH)–C–C–N with tert-alkyl or cyclic N) is 1. The van der Waals surface area contributed by atoms with E-state index in [1.165, 1.54) is 5.56 Å². The van der Waals surface area contributed by atoms with Gasteiger partial charge >= 0.3 is 0 Å². The second kappa shape index (κ2) is 4.83. The van der Waals surface area contributed by atoms with E-state index < -0.39 is 0 Å². The Balaban J connectivity index is 0.00000112. The van der Waals surface area contributed by atoms with Crippen molar-refractivity contribution in [3.8, 4) is 0 Å². The molecule has 15 heavy (non-hydrogen) atoms. The van der Waals surface area contributed by atoms with Crippen LogP contribution < -0.4 is 5.32 Å². The highest BCUT2D eigenvalue weighted by atomic mass is 79.9. The van der Waals surface area contributed by atoms with Crippen molar-refractivity contribution in [1.82, 2.24) is 5.32 Å². The van der Waals surface area contributed by atoms with Gasteiger partial charge in [-0.1, -0.05) is 28.1 Å². The minimum absolute atomic E-state index is 0. The summed E-state index contributed by atoms with van der Waals surface area (Å²) in [4.78, 5) is 0. The van der Waals surface area contributed by atoms with E-state index in [9.17, 15) is 5.11 Å². The summed E-state index contributed by atoms with van der Waals surface area (Å²) >= 11 is 3.41. The van der Waals surface area contributed by atoms with Crippen LogP contribution >= 0.6 is 28.3 Å². The predicted molar refractivity (Wildman–Crippen MR) is 67.4 cm³/mol. The Morgan fingerprint density at radius 3 is 2.47 bits per heavy atom. The van der Waals surface area contributed by atoms with Gasteiger partial charge in [-0.25, -0.2) is 0 Å². The van der Waals surface area contributed by atoms with E-state index in [-0.39, 0.29) is 24.0 Å². The fourth-order valence-electron chi connectivity index (χ4n) is 2.00. The van der Waals surface area contributed by atoms with E-state index in [0.29, 0.717) is 6.54 Å². The zero-order chi connectivity index (χ0) is 10.2. The van der Waals surface area contributed by atoms with Gasteiger partial charge in [0.05, 0.1) is 6.10 Å². The maximum absolute atomic E-state index is 9.51. The van der Waals surface area contributed by atoms with E-state index in [4.69, 9.17) is 0 Å². The fraction of sp³-hybridized carbons (Fsp3) is 0.455. The Labute approximate surface area is 105 Å². The van der Waals surface area contributed by atoms with Crippen LogP contribution in [0.25, 0.3) is 0 Å². The number of hydrogen-bond acceptors (Lipinski definition) is 2. The molecule has 1 heterocycles. The summed E-state index contributed by atoms with van der Waals surface area (Å²) in [7, 11) is 0. The molecule has 0 amide bonds. The predicted octanol–water partition coefficient (Wildman–Crippen LogP) is 2.44. The molecule has 2 N–H and O–H groups in total. The minimum atomic E-state index is -0.219. The van der Waals surface area contributed by atoms with Crippen LogP contribution in [0.1, 0.15) is 18.9 Å². The summed E-state index contributed by atoms with van der Waals surface area (Å²) in [5.41, 5.74) is 1.16. The van der Waals surface area contributed by atoms with Crippen molar-refractivity contribution in [2.75, 3.05) is 6.54 Å². The summed E-state index contributed by atoms with van der Waals surface area (Å²) in [6, 6.07) is 8.25. The fourth-order valence-corrected chi connectivity index (χ4v) is 2.26. The Bertz CT molecular complexity index is 330. The first-order valence-corrected chi connectivity index (χ1v) is 5.59. The third-order valence-corrected chi connectivity index (χ3v) is 3.38. The molecule has 2 rings (SSSR count). The molecule has 2 atom stereocenters. The highest BCUT2D eigenvalue weighted by Crippen LogP contribution is 2.30. The van der Waals surface area contributed by atoms with E-state index >= 15 is 0 Å². The number of nitrogens with one attached hydrogen (secondary N) is 1. The Morgan fingerprint density at radius 2 is 2.00 bits per heavy atom. The second-order valence-corrected chi connectivity index (χ2v) is 4.99. The molecule has 0 spiro atoms. The van der Waals surface area contributed by atoms with Gasteiger partial charge in [0.1, 0.15) is 0 Å². The first kappa shape index (κ1) is 13.0. The van der Waals surface area contributed by atoms with Gasteiger partial charge < -0.3 is 10.4 Å². The SMILES string of the molecule is CC1(c2ccc(Br)cc2)CC(O)CN1.Cl. The van der Waals surface area contributed by atoms with Crippen LogP contribution in [0.2, 0.25) is 0 Å². The van der Waals surface area contributed by atoms with E-state index in [0.717, 1.165) is 10.9 Å². The molecule has 0 radical (unpaired) electrons. The summed E-state index contributed by atoms with van der Waals surface area (Å²) in [6.45, 7) is 2.82. The Hall–Kier alpha value is -0.0900. The molecule has 4 heteroatoms. The summed E-state index contributed by atoms with van der Waals surface area (Å²) in [5, 5.41) is 12.9. The van der Waals surface area contributed by atoms with Gasteiger partial charge in [-0.15, -0.1) is 12.4 Å². The van der Waals surface area contributed by atoms with Crippen LogP contribution in [0, 0.1) is 0 Å². The highest BCUT2D eigenvalue weighted by molar-refractivity contribution is 9.10. The van der Waals surface area contributed by atoms with Gasteiger partial charge in [0.25, 0.3) is 0 Å². The highest BCUT2D eigenvalue weighted by Gasteiger charge is 2.34. The van der Waals surface area contributed by atoms with Crippen LogP contribution in [0.4, 0.5) is 0 Å². The molecule has 0 bridgehead atoms. The monoisotopic (exact) mass is 291 g/mol. The van der Waals surface area contributed by atoms with Crippen LogP contribution in [0.15, 0.2) is 28.7 Å². The third-order valence-electron chi connectivity index (χ3n) is 2.85. The molecule has 0 aromatic heterocycles. The van der Waals surface area contributed by atoms with Crippen molar-refractivity contribution in [1.29, 1.82) is 0 Å². The molecule has 0 saturated carbocycles. The van der Waals surface area contributed by atoms with E-state index in [1.54, 1.807) is 0 Å². The standard InChI is InChI=1S/C11H14BrNO.ClH/c1-11(6-10(14)7-13-11)8-2-4-9(12)5-3-8;/h2-5,10,13-14H,6-7H2,1H3;1H.